The van der Waals surface area contributed by atoms with Crippen molar-refractivity contribution in [1.29, 1.82) is 0 Å². The monoisotopic (exact) mass is 604 g/mol. The van der Waals surface area contributed by atoms with Crippen molar-refractivity contribution in [1.82, 2.24) is 0 Å². The van der Waals surface area contributed by atoms with Crippen molar-refractivity contribution < 1.29 is 49.7 Å². The lowest BCUT2D eigenvalue weighted by Gasteiger charge is -2.36. The number of aryl methyl sites for hydroxylation is 1. The number of esters is 1. The average Bonchev–Trinajstić information content (AvgIpc) is 2.93. The number of hydrogen-bond acceptors (Lipinski definition) is 4. The first-order valence-electron chi connectivity index (χ1n) is 14.4. The Morgan fingerprint density at radius 1 is 0.810 bits per heavy atom. The van der Waals surface area contributed by atoms with Gasteiger partial charge in [0.2, 0.25) is 0 Å². The SMILES string of the molecule is CCCc1ccc(COC2CCC(C(F)(F)OC3CCC(OC(=O)c4ccc(C(F)(F)F)c(F)c4)CC3)CC2)c(F)c1. The van der Waals surface area contributed by atoms with E-state index in [0.29, 0.717) is 30.5 Å². The summed E-state index contributed by atoms with van der Waals surface area (Å²) in [7, 11) is 0. The van der Waals surface area contributed by atoms with Crippen LogP contribution in [-0.2, 0) is 33.4 Å². The highest BCUT2D eigenvalue weighted by Gasteiger charge is 2.45. The Labute approximate surface area is 240 Å². The van der Waals surface area contributed by atoms with Gasteiger partial charge in [-0.05, 0) is 87.6 Å². The number of benzene rings is 2. The highest BCUT2D eigenvalue weighted by molar-refractivity contribution is 5.89. The summed E-state index contributed by atoms with van der Waals surface area (Å²) in [6.07, 6.45) is -6.07. The normalized spacial score (nSPS) is 23.5. The first kappa shape index (κ1) is 32.3. The topological polar surface area (TPSA) is 44.8 Å². The Morgan fingerprint density at radius 3 is 2.05 bits per heavy atom. The van der Waals surface area contributed by atoms with Crippen LogP contribution in [0.1, 0.15) is 91.8 Å². The van der Waals surface area contributed by atoms with Crippen molar-refractivity contribution in [2.24, 2.45) is 5.92 Å². The summed E-state index contributed by atoms with van der Waals surface area (Å²) in [5.41, 5.74) is -0.480. The first-order valence-corrected chi connectivity index (χ1v) is 14.4. The first-order chi connectivity index (χ1) is 19.9. The molecule has 0 saturated heterocycles. The van der Waals surface area contributed by atoms with E-state index in [2.05, 4.69) is 0 Å². The predicted octanol–water partition coefficient (Wildman–Crippen LogP) is 8.79. The van der Waals surface area contributed by atoms with Crippen LogP contribution < -0.4 is 0 Å². The molecule has 0 amide bonds. The third-order valence-corrected chi connectivity index (χ3v) is 8.01. The van der Waals surface area contributed by atoms with Crippen molar-refractivity contribution in [2.75, 3.05) is 0 Å². The molecule has 0 bridgehead atoms. The van der Waals surface area contributed by atoms with Crippen LogP contribution >= 0.6 is 0 Å². The molecule has 2 fully saturated rings. The lowest BCUT2D eigenvalue weighted by atomic mass is 9.86. The number of hydrogen-bond donors (Lipinski definition) is 0. The summed E-state index contributed by atoms with van der Waals surface area (Å²) in [4.78, 5) is 12.3. The Bertz CT molecular complexity index is 1200. The number of carbonyl (C=O) groups is 1. The molecule has 0 unspecified atom stereocenters. The quantitative estimate of drug-likeness (QED) is 0.201. The highest BCUT2D eigenvalue weighted by atomic mass is 19.4. The van der Waals surface area contributed by atoms with Gasteiger partial charge < -0.3 is 14.2 Å². The zero-order chi connectivity index (χ0) is 30.5. The second-order valence-electron chi connectivity index (χ2n) is 11.1. The van der Waals surface area contributed by atoms with E-state index >= 15 is 0 Å². The zero-order valence-corrected chi connectivity index (χ0v) is 23.3. The molecule has 4 rings (SSSR count). The van der Waals surface area contributed by atoms with Gasteiger partial charge in [0.25, 0.3) is 0 Å². The van der Waals surface area contributed by atoms with Crippen LogP contribution in [0.15, 0.2) is 36.4 Å². The van der Waals surface area contributed by atoms with E-state index in [4.69, 9.17) is 14.2 Å². The second-order valence-corrected chi connectivity index (χ2v) is 11.1. The van der Waals surface area contributed by atoms with Crippen LogP contribution in [0.2, 0.25) is 0 Å². The summed E-state index contributed by atoms with van der Waals surface area (Å²) in [5, 5.41) is 0. The van der Waals surface area contributed by atoms with E-state index in [1.807, 2.05) is 13.0 Å². The molecule has 2 aliphatic carbocycles. The molecule has 2 aromatic carbocycles. The van der Waals surface area contributed by atoms with Gasteiger partial charge in [-0.2, -0.15) is 22.0 Å². The molecule has 0 atom stereocenters. The molecular formula is C31H35F7O4. The molecule has 232 valence electrons. The standard InChI is InChI=1S/C31H35F7O4/c1-2-3-19-4-5-21(27(32)16-19)18-40-23-9-7-22(8-10-23)31(37,38)42-25-13-11-24(12-14-25)41-29(39)20-6-15-26(28(33)17-20)30(34,35)36/h4-6,15-17,22-25H,2-3,7-14,18H2,1H3. The number of halogens is 7. The highest BCUT2D eigenvalue weighted by Crippen LogP contribution is 2.41. The van der Waals surface area contributed by atoms with Crippen molar-refractivity contribution in [3.05, 3.63) is 70.3 Å². The van der Waals surface area contributed by atoms with E-state index in [1.165, 1.54) is 6.07 Å². The average molecular weight is 605 g/mol. The minimum atomic E-state index is -4.89. The number of ether oxygens (including phenoxy) is 3. The van der Waals surface area contributed by atoms with Gasteiger partial charge in [0.1, 0.15) is 17.7 Å². The Balaban J connectivity index is 1.18. The van der Waals surface area contributed by atoms with Gasteiger partial charge in [-0.1, -0.05) is 25.5 Å². The van der Waals surface area contributed by atoms with Crippen molar-refractivity contribution >= 4 is 5.97 Å². The predicted molar refractivity (Wildman–Crippen MR) is 140 cm³/mol. The molecule has 2 aromatic rings. The van der Waals surface area contributed by atoms with Crippen LogP contribution in [0.4, 0.5) is 30.7 Å². The summed E-state index contributed by atoms with van der Waals surface area (Å²) in [5.74, 6) is -3.87. The van der Waals surface area contributed by atoms with Crippen molar-refractivity contribution in [3.8, 4) is 0 Å². The molecule has 0 aliphatic heterocycles. The molecule has 42 heavy (non-hydrogen) atoms. The van der Waals surface area contributed by atoms with Gasteiger partial charge in [0.05, 0.1) is 35.9 Å². The van der Waals surface area contributed by atoms with Gasteiger partial charge in [-0.25, -0.2) is 13.6 Å². The summed E-state index contributed by atoms with van der Waals surface area (Å²) in [6, 6.07) is 6.88. The fraction of sp³-hybridized carbons (Fsp3) is 0.581. The maximum absolute atomic E-state index is 15.0. The van der Waals surface area contributed by atoms with E-state index in [9.17, 15) is 35.5 Å². The fourth-order valence-corrected chi connectivity index (χ4v) is 5.60. The van der Waals surface area contributed by atoms with Gasteiger partial charge in [0, 0.05) is 5.56 Å². The number of rotatable bonds is 10. The summed E-state index contributed by atoms with van der Waals surface area (Å²) >= 11 is 0. The molecule has 0 N–H and O–H groups in total. The molecule has 4 nitrogen and oxygen atoms in total. The lowest BCUT2D eigenvalue weighted by molar-refractivity contribution is -0.303. The van der Waals surface area contributed by atoms with Crippen LogP contribution in [-0.4, -0.2) is 30.4 Å². The van der Waals surface area contributed by atoms with Gasteiger partial charge in [-0.15, -0.1) is 0 Å². The summed E-state index contributed by atoms with van der Waals surface area (Å²) in [6.45, 7) is 2.11. The third-order valence-electron chi connectivity index (χ3n) is 8.01. The maximum Gasteiger partial charge on any atom is 0.419 e. The largest absolute Gasteiger partial charge is 0.459 e. The molecule has 2 saturated carbocycles. The smallest absolute Gasteiger partial charge is 0.419 e. The van der Waals surface area contributed by atoms with E-state index < -0.39 is 47.8 Å². The molecule has 0 radical (unpaired) electrons. The van der Waals surface area contributed by atoms with Gasteiger partial charge in [0.15, 0.2) is 0 Å². The number of alkyl halides is 5. The molecule has 0 spiro atoms. The fourth-order valence-electron chi connectivity index (χ4n) is 5.60. The minimum absolute atomic E-state index is 0.0854. The minimum Gasteiger partial charge on any atom is -0.459 e. The van der Waals surface area contributed by atoms with Crippen molar-refractivity contribution in [2.45, 2.75) is 108 Å². The number of carbonyl (C=O) groups excluding carboxylic acids is 1. The zero-order valence-electron chi connectivity index (χ0n) is 23.3. The van der Waals surface area contributed by atoms with Crippen LogP contribution in [0.25, 0.3) is 0 Å². The Morgan fingerprint density at radius 2 is 1.45 bits per heavy atom. The van der Waals surface area contributed by atoms with E-state index in [1.54, 1.807) is 6.07 Å². The van der Waals surface area contributed by atoms with Crippen LogP contribution in [0.5, 0.6) is 0 Å². The van der Waals surface area contributed by atoms with Crippen molar-refractivity contribution in [3.63, 3.8) is 0 Å². The van der Waals surface area contributed by atoms with Gasteiger partial charge >= 0.3 is 18.3 Å². The summed E-state index contributed by atoms with van der Waals surface area (Å²) < 4.78 is 113. The molecule has 2 aliphatic rings. The van der Waals surface area contributed by atoms with Crippen LogP contribution in [0, 0.1) is 17.6 Å². The van der Waals surface area contributed by atoms with E-state index in [0.717, 1.165) is 24.5 Å². The van der Waals surface area contributed by atoms with Crippen LogP contribution in [0.3, 0.4) is 0 Å². The molecule has 11 heteroatoms. The molecule has 0 heterocycles. The molecular weight excluding hydrogens is 569 g/mol. The lowest BCUT2D eigenvalue weighted by Crippen LogP contribution is -2.40. The second kappa shape index (κ2) is 13.8. The third kappa shape index (κ3) is 8.46. The van der Waals surface area contributed by atoms with Gasteiger partial charge in [-0.3, -0.25) is 0 Å². The maximum atomic E-state index is 15.0. The van der Waals surface area contributed by atoms with E-state index in [-0.39, 0.29) is 62.6 Å². The molecule has 0 aromatic heterocycles. The Kier molecular flexibility index (Phi) is 10.6. The Hall–Kier alpha value is -2.66.